The van der Waals surface area contributed by atoms with E-state index in [1.807, 2.05) is 12.1 Å². The Balaban J connectivity index is 1.72. The van der Waals surface area contributed by atoms with Gasteiger partial charge in [-0.1, -0.05) is 28.1 Å². The number of carbonyl (C=O) groups excluding carboxylic acids is 2. The number of amides is 1. The summed E-state index contributed by atoms with van der Waals surface area (Å²) in [4.78, 5) is 25.1. The van der Waals surface area contributed by atoms with Crippen LogP contribution in [0.1, 0.15) is 15.9 Å². The van der Waals surface area contributed by atoms with Gasteiger partial charge in [-0.25, -0.2) is 0 Å². The average Bonchev–Trinajstić information content (AvgIpc) is 2.90. The number of rotatable bonds is 11. The standard InChI is InChI=1S/C27H26BrNO7/c1-32-22-12-6-17(13-23(22)36-16-26(31)29-20-9-7-19(28)8-10-20)5-11-21(30)18-14-24(33-2)27(35-4)25(15-18)34-3/h5-15H,16H2,1-4H3,(H,29,31)/b11-5+. The molecule has 0 spiro atoms. The van der Waals surface area contributed by atoms with Gasteiger partial charge in [-0.15, -0.1) is 0 Å². The number of hydrogen-bond acceptors (Lipinski definition) is 7. The van der Waals surface area contributed by atoms with Crippen LogP contribution in [-0.2, 0) is 4.79 Å². The summed E-state index contributed by atoms with van der Waals surface area (Å²) in [5, 5.41) is 2.76. The monoisotopic (exact) mass is 555 g/mol. The molecule has 3 aromatic rings. The molecular weight excluding hydrogens is 530 g/mol. The molecule has 188 valence electrons. The zero-order valence-corrected chi connectivity index (χ0v) is 21.9. The Labute approximate surface area is 217 Å². The van der Waals surface area contributed by atoms with Gasteiger partial charge in [-0.3, -0.25) is 9.59 Å². The molecule has 1 amide bonds. The third-order valence-corrected chi connectivity index (χ3v) is 5.58. The normalized spacial score (nSPS) is 10.6. The first-order chi connectivity index (χ1) is 17.4. The van der Waals surface area contributed by atoms with Crippen molar-refractivity contribution in [2.75, 3.05) is 40.4 Å². The Morgan fingerprint density at radius 2 is 1.44 bits per heavy atom. The van der Waals surface area contributed by atoms with Crippen LogP contribution in [0.5, 0.6) is 28.7 Å². The number of hydrogen-bond donors (Lipinski definition) is 1. The molecule has 0 unspecified atom stereocenters. The highest BCUT2D eigenvalue weighted by Crippen LogP contribution is 2.38. The Hall–Kier alpha value is -3.98. The van der Waals surface area contributed by atoms with Gasteiger partial charge in [0.2, 0.25) is 5.75 Å². The van der Waals surface area contributed by atoms with Gasteiger partial charge in [0.15, 0.2) is 35.4 Å². The summed E-state index contributed by atoms with van der Waals surface area (Å²) in [6.07, 6.45) is 3.06. The van der Waals surface area contributed by atoms with Crippen molar-refractivity contribution < 1.29 is 33.3 Å². The molecule has 8 nitrogen and oxygen atoms in total. The number of carbonyl (C=O) groups is 2. The molecular formula is C27H26BrNO7. The maximum atomic E-state index is 12.8. The van der Waals surface area contributed by atoms with Crippen LogP contribution >= 0.6 is 15.9 Å². The van der Waals surface area contributed by atoms with Crippen LogP contribution in [-0.4, -0.2) is 46.7 Å². The first kappa shape index (κ1) is 26.6. The highest BCUT2D eigenvalue weighted by molar-refractivity contribution is 9.10. The SMILES string of the molecule is COc1ccc(/C=C/C(=O)c2cc(OC)c(OC)c(OC)c2)cc1OCC(=O)Nc1ccc(Br)cc1. The van der Waals surface area contributed by atoms with E-state index in [1.165, 1.54) is 34.5 Å². The lowest BCUT2D eigenvalue weighted by Gasteiger charge is -2.13. The minimum Gasteiger partial charge on any atom is -0.493 e. The van der Waals surface area contributed by atoms with Crippen molar-refractivity contribution in [1.29, 1.82) is 0 Å². The summed E-state index contributed by atoms with van der Waals surface area (Å²) in [6.45, 7) is -0.218. The number of allylic oxidation sites excluding steroid dienone is 1. The van der Waals surface area contributed by atoms with Gasteiger partial charge in [0, 0.05) is 15.7 Å². The van der Waals surface area contributed by atoms with Crippen LogP contribution in [0.2, 0.25) is 0 Å². The second-order valence-electron chi connectivity index (χ2n) is 7.37. The molecule has 0 bridgehead atoms. The molecule has 9 heteroatoms. The van der Waals surface area contributed by atoms with E-state index in [-0.39, 0.29) is 18.3 Å². The van der Waals surface area contributed by atoms with E-state index in [4.69, 9.17) is 23.7 Å². The number of nitrogens with one attached hydrogen (secondary N) is 1. The summed E-state index contributed by atoms with van der Waals surface area (Å²) in [5.74, 6) is 1.41. The van der Waals surface area contributed by atoms with E-state index in [0.29, 0.717) is 45.6 Å². The first-order valence-electron chi connectivity index (χ1n) is 10.8. The van der Waals surface area contributed by atoms with Crippen LogP contribution < -0.4 is 29.0 Å². The number of halogens is 1. The molecule has 0 fully saturated rings. The van der Waals surface area contributed by atoms with Crippen molar-refractivity contribution in [3.05, 3.63) is 76.3 Å². The van der Waals surface area contributed by atoms with Gasteiger partial charge < -0.3 is 29.0 Å². The van der Waals surface area contributed by atoms with E-state index in [0.717, 1.165) is 4.47 Å². The van der Waals surface area contributed by atoms with E-state index < -0.39 is 0 Å². The first-order valence-corrected chi connectivity index (χ1v) is 11.6. The molecule has 36 heavy (non-hydrogen) atoms. The molecule has 0 aliphatic carbocycles. The Morgan fingerprint density at radius 1 is 0.806 bits per heavy atom. The fourth-order valence-electron chi connectivity index (χ4n) is 3.27. The second-order valence-corrected chi connectivity index (χ2v) is 8.28. The minimum atomic E-state index is -0.321. The molecule has 0 aromatic heterocycles. The number of ketones is 1. The topological polar surface area (TPSA) is 92.3 Å². The average molecular weight is 556 g/mol. The number of benzene rings is 3. The number of methoxy groups -OCH3 is 4. The lowest BCUT2D eigenvalue weighted by molar-refractivity contribution is -0.118. The molecule has 0 saturated carbocycles. The van der Waals surface area contributed by atoms with Gasteiger partial charge in [-0.05, 0) is 60.2 Å². The molecule has 0 aliphatic heterocycles. The summed E-state index contributed by atoms with van der Waals surface area (Å²) in [7, 11) is 5.97. The lowest BCUT2D eigenvalue weighted by atomic mass is 10.1. The zero-order valence-electron chi connectivity index (χ0n) is 20.3. The van der Waals surface area contributed by atoms with Crippen molar-refractivity contribution in [2.24, 2.45) is 0 Å². The minimum absolute atomic E-state index is 0.218. The molecule has 0 radical (unpaired) electrons. The predicted octanol–water partition coefficient (Wildman–Crippen LogP) is 5.40. The van der Waals surface area contributed by atoms with E-state index in [1.54, 1.807) is 48.5 Å². The molecule has 3 rings (SSSR count). The van der Waals surface area contributed by atoms with E-state index in [2.05, 4.69) is 21.2 Å². The van der Waals surface area contributed by atoms with Crippen molar-refractivity contribution in [2.45, 2.75) is 0 Å². The summed E-state index contributed by atoms with van der Waals surface area (Å²) in [6, 6.07) is 15.5. The summed E-state index contributed by atoms with van der Waals surface area (Å²) >= 11 is 3.35. The molecule has 0 atom stereocenters. The third-order valence-electron chi connectivity index (χ3n) is 5.05. The summed E-state index contributed by atoms with van der Waals surface area (Å²) < 4.78 is 27.9. The van der Waals surface area contributed by atoms with Crippen LogP contribution in [0, 0.1) is 0 Å². The number of ether oxygens (including phenoxy) is 5. The quantitative estimate of drug-likeness (QED) is 0.250. The fraction of sp³-hybridized carbons (Fsp3) is 0.185. The zero-order chi connectivity index (χ0) is 26.1. The highest BCUT2D eigenvalue weighted by Gasteiger charge is 2.16. The van der Waals surface area contributed by atoms with Gasteiger partial charge in [0.05, 0.1) is 28.4 Å². The summed E-state index contributed by atoms with van der Waals surface area (Å²) in [5.41, 5.74) is 1.70. The van der Waals surface area contributed by atoms with E-state index >= 15 is 0 Å². The van der Waals surface area contributed by atoms with Gasteiger partial charge in [0.25, 0.3) is 5.91 Å². The number of anilines is 1. The van der Waals surface area contributed by atoms with Crippen LogP contribution in [0.15, 0.2) is 65.1 Å². The molecule has 0 saturated heterocycles. The van der Waals surface area contributed by atoms with Crippen molar-refractivity contribution in [3.8, 4) is 28.7 Å². The van der Waals surface area contributed by atoms with Crippen LogP contribution in [0.4, 0.5) is 5.69 Å². The van der Waals surface area contributed by atoms with Crippen molar-refractivity contribution in [3.63, 3.8) is 0 Å². The predicted molar refractivity (Wildman–Crippen MR) is 141 cm³/mol. The largest absolute Gasteiger partial charge is 0.493 e. The van der Waals surface area contributed by atoms with E-state index in [9.17, 15) is 9.59 Å². The maximum Gasteiger partial charge on any atom is 0.262 e. The van der Waals surface area contributed by atoms with Crippen LogP contribution in [0.25, 0.3) is 6.08 Å². The third kappa shape index (κ3) is 6.79. The molecule has 3 aromatic carbocycles. The second kappa shape index (κ2) is 12.6. The molecule has 0 aliphatic rings. The van der Waals surface area contributed by atoms with Gasteiger partial charge >= 0.3 is 0 Å². The molecule has 1 N–H and O–H groups in total. The highest BCUT2D eigenvalue weighted by atomic mass is 79.9. The smallest absolute Gasteiger partial charge is 0.262 e. The Bertz CT molecular complexity index is 1230. The van der Waals surface area contributed by atoms with Gasteiger partial charge in [-0.2, -0.15) is 0 Å². The van der Waals surface area contributed by atoms with Crippen molar-refractivity contribution in [1.82, 2.24) is 0 Å². The Morgan fingerprint density at radius 3 is 2.03 bits per heavy atom. The van der Waals surface area contributed by atoms with Gasteiger partial charge in [0.1, 0.15) is 0 Å². The Kier molecular flexibility index (Phi) is 9.35. The van der Waals surface area contributed by atoms with Crippen LogP contribution in [0.3, 0.4) is 0 Å². The fourth-order valence-corrected chi connectivity index (χ4v) is 3.54. The maximum absolute atomic E-state index is 12.8. The van der Waals surface area contributed by atoms with Crippen molar-refractivity contribution >= 4 is 39.4 Å². The molecule has 0 heterocycles. The lowest BCUT2D eigenvalue weighted by Crippen LogP contribution is -2.20.